The van der Waals surface area contributed by atoms with E-state index in [9.17, 15) is 0 Å². The Morgan fingerprint density at radius 1 is 0.684 bits per heavy atom. The van der Waals surface area contributed by atoms with Gasteiger partial charge in [-0.05, 0) is 36.4 Å². The molecule has 2 aromatic carbocycles. The van der Waals surface area contributed by atoms with Gasteiger partial charge in [0.25, 0.3) is 0 Å². The van der Waals surface area contributed by atoms with Crippen LogP contribution < -0.4 is 0 Å². The number of rotatable bonds is 4. The van der Waals surface area contributed by atoms with Crippen molar-refractivity contribution in [3.05, 3.63) is 56.5 Å². The summed E-state index contributed by atoms with van der Waals surface area (Å²) in [5.41, 5.74) is 0. The van der Waals surface area contributed by atoms with E-state index in [2.05, 4.69) is 0 Å². The smallest absolute Gasteiger partial charge is 0.0556 e. The first-order valence-corrected chi connectivity index (χ1v) is 8.70. The maximum atomic E-state index is 6.11. The van der Waals surface area contributed by atoms with Gasteiger partial charge in [0, 0.05) is 24.9 Å². The van der Waals surface area contributed by atoms with Crippen molar-refractivity contribution in [3.63, 3.8) is 0 Å². The first kappa shape index (κ1) is 15.7. The molecule has 19 heavy (non-hydrogen) atoms. The zero-order valence-corrected chi connectivity index (χ0v) is 14.2. The van der Waals surface area contributed by atoms with Crippen molar-refractivity contribution in [3.8, 4) is 0 Å². The minimum Gasteiger partial charge on any atom is -0.113 e. The van der Waals surface area contributed by atoms with Crippen LogP contribution in [0.25, 0.3) is 0 Å². The molecule has 0 amide bonds. The lowest BCUT2D eigenvalue weighted by Crippen LogP contribution is -1.79. The van der Waals surface area contributed by atoms with Gasteiger partial charge in [0.05, 0.1) is 10.0 Å². The van der Waals surface area contributed by atoms with Gasteiger partial charge in [-0.3, -0.25) is 0 Å². The van der Waals surface area contributed by atoms with Crippen LogP contribution >= 0.6 is 69.9 Å². The maximum absolute atomic E-state index is 6.11. The second-order valence-corrected chi connectivity index (χ2v) is 7.64. The molecule has 0 aliphatic rings. The van der Waals surface area contributed by atoms with Crippen LogP contribution in [0.15, 0.2) is 46.2 Å². The third-order valence-corrected chi connectivity index (χ3v) is 5.81. The molecule has 0 atom stereocenters. The predicted molar refractivity (Wildman–Crippen MR) is 89.5 cm³/mol. The minimum atomic E-state index is 0.641. The Hall–Kier alpha value is 0.300. The van der Waals surface area contributed by atoms with Gasteiger partial charge in [0.15, 0.2) is 0 Å². The normalized spacial score (nSPS) is 10.7. The average molecular weight is 370 g/mol. The highest BCUT2D eigenvalue weighted by molar-refractivity contribution is 8.16. The molecular weight excluding hydrogens is 362 g/mol. The number of halogens is 4. The Morgan fingerprint density at radius 2 is 1.11 bits per heavy atom. The predicted octanol–water partition coefficient (Wildman–Crippen LogP) is 7.14. The van der Waals surface area contributed by atoms with E-state index in [1.807, 2.05) is 24.3 Å². The van der Waals surface area contributed by atoms with Gasteiger partial charge in [-0.15, -0.1) is 23.5 Å². The lowest BCUT2D eigenvalue weighted by molar-refractivity contribution is 1.45. The highest BCUT2D eigenvalue weighted by Gasteiger charge is 2.05. The molecule has 100 valence electrons. The van der Waals surface area contributed by atoms with Gasteiger partial charge < -0.3 is 0 Å². The number of benzene rings is 2. The van der Waals surface area contributed by atoms with E-state index in [-0.39, 0.29) is 0 Å². The molecule has 0 aliphatic carbocycles. The van der Waals surface area contributed by atoms with E-state index in [4.69, 9.17) is 46.4 Å². The number of hydrogen-bond acceptors (Lipinski definition) is 2. The van der Waals surface area contributed by atoms with Gasteiger partial charge in [-0.2, -0.15) is 0 Å². The molecule has 0 fully saturated rings. The summed E-state index contributed by atoms with van der Waals surface area (Å²) < 4.78 is 0. The Bertz CT molecular complexity index is 535. The van der Waals surface area contributed by atoms with Gasteiger partial charge in [0.1, 0.15) is 0 Å². The van der Waals surface area contributed by atoms with Gasteiger partial charge in [-0.1, -0.05) is 46.4 Å². The summed E-state index contributed by atoms with van der Waals surface area (Å²) in [6.45, 7) is 0. The molecule has 0 saturated carbocycles. The zero-order valence-electron chi connectivity index (χ0n) is 9.50. The van der Waals surface area contributed by atoms with Crippen LogP contribution in [-0.2, 0) is 0 Å². The monoisotopic (exact) mass is 368 g/mol. The molecule has 0 nitrogen and oxygen atoms in total. The first-order chi connectivity index (χ1) is 9.06. The molecule has 0 aliphatic heterocycles. The summed E-state index contributed by atoms with van der Waals surface area (Å²) in [6.07, 6.45) is 0. The van der Waals surface area contributed by atoms with Crippen LogP contribution in [0.5, 0.6) is 0 Å². The average Bonchev–Trinajstić information content (AvgIpc) is 2.34. The largest absolute Gasteiger partial charge is 0.113 e. The number of hydrogen-bond donors (Lipinski definition) is 0. The van der Waals surface area contributed by atoms with Crippen LogP contribution in [-0.4, -0.2) is 5.08 Å². The summed E-state index contributed by atoms with van der Waals surface area (Å²) in [5.74, 6) is 0. The zero-order chi connectivity index (χ0) is 13.8. The Labute approximate surface area is 140 Å². The van der Waals surface area contributed by atoms with Crippen LogP contribution in [0.2, 0.25) is 20.1 Å². The van der Waals surface area contributed by atoms with E-state index in [0.29, 0.717) is 20.1 Å². The fourth-order valence-corrected chi connectivity index (χ4v) is 4.46. The fourth-order valence-electron chi connectivity index (χ4n) is 1.34. The van der Waals surface area contributed by atoms with Crippen molar-refractivity contribution in [2.24, 2.45) is 0 Å². The van der Waals surface area contributed by atoms with E-state index < -0.39 is 0 Å². The van der Waals surface area contributed by atoms with Gasteiger partial charge in [0.2, 0.25) is 0 Å². The third kappa shape index (κ3) is 4.66. The quantitative estimate of drug-likeness (QED) is 0.414. The SMILES string of the molecule is Clc1ccc(SCSc2ccc(Cl)cc2Cl)c(Cl)c1. The summed E-state index contributed by atoms with van der Waals surface area (Å²) in [4.78, 5) is 2.01. The topological polar surface area (TPSA) is 0 Å². The molecule has 0 N–H and O–H groups in total. The second kappa shape index (κ2) is 7.35. The van der Waals surface area contributed by atoms with Crippen molar-refractivity contribution >= 4 is 69.9 Å². The molecular formula is C13H8Cl4S2. The van der Waals surface area contributed by atoms with E-state index >= 15 is 0 Å². The minimum absolute atomic E-state index is 0.641. The highest BCUT2D eigenvalue weighted by atomic mass is 35.5. The van der Waals surface area contributed by atoms with Gasteiger partial charge in [-0.25, -0.2) is 0 Å². The fraction of sp³-hybridized carbons (Fsp3) is 0.0769. The van der Waals surface area contributed by atoms with Crippen molar-refractivity contribution < 1.29 is 0 Å². The summed E-state index contributed by atoms with van der Waals surface area (Å²) in [5, 5.41) is 3.43. The standard InChI is InChI=1S/C13H8Cl4S2/c14-8-1-3-12(10(16)5-8)18-7-19-13-4-2-9(15)6-11(13)17/h1-6H,7H2. The van der Waals surface area contributed by atoms with E-state index in [1.54, 1.807) is 35.7 Å². The molecule has 0 saturated heterocycles. The van der Waals surface area contributed by atoms with Crippen LogP contribution in [0.4, 0.5) is 0 Å². The summed E-state index contributed by atoms with van der Waals surface area (Å²) >= 11 is 27.2. The van der Waals surface area contributed by atoms with Crippen molar-refractivity contribution in [1.29, 1.82) is 0 Å². The second-order valence-electron chi connectivity index (χ2n) is 3.56. The first-order valence-electron chi connectivity index (χ1n) is 5.22. The highest BCUT2D eigenvalue weighted by Crippen LogP contribution is 2.36. The summed E-state index contributed by atoms with van der Waals surface area (Å²) in [7, 11) is 0. The van der Waals surface area contributed by atoms with Gasteiger partial charge >= 0.3 is 0 Å². The molecule has 2 rings (SSSR count). The number of thioether (sulfide) groups is 2. The Morgan fingerprint density at radius 3 is 1.47 bits per heavy atom. The summed E-state index contributed by atoms with van der Waals surface area (Å²) in [6, 6.07) is 11.0. The van der Waals surface area contributed by atoms with E-state index in [1.165, 1.54) is 0 Å². The van der Waals surface area contributed by atoms with Crippen molar-refractivity contribution in [1.82, 2.24) is 0 Å². The molecule has 0 radical (unpaired) electrons. The van der Waals surface area contributed by atoms with E-state index in [0.717, 1.165) is 14.9 Å². The molecule has 0 unspecified atom stereocenters. The lowest BCUT2D eigenvalue weighted by atomic mass is 10.4. The molecule has 0 spiro atoms. The molecule has 6 heteroatoms. The molecule has 0 aromatic heterocycles. The Balaban J connectivity index is 1.96. The molecule has 2 aromatic rings. The van der Waals surface area contributed by atoms with Crippen molar-refractivity contribution in [2.45, 2.75) is 9.79 Å². The third-order valence-electron chi connectivity index (χ3n) is 2.22. The van der Waals surface area contributed by atoms with Crippen LogP contribution in [0.1, 0.15) is 0 Å². The lowest BCUT2D eigenvalue weighted by Gasteiger charge is -2.06. The van der Waals surface area contributed by atoms with Crippen LogP contribution in [0, 0.1) is 0 Å². The Kier molecular flexibility index (Phi) is 6.07. The van der Waals surface area contributed by atoms with Crippen LogP contribution in [0.3, 0.4) is 0 Å². The van der Waals surface area contributed by atoms with Crippen molar-refractivity contribution in [2.75, 3.05) is 5.08 Å². The molecule has 0 bridgehead atoms. The molecule has 0 heterocycles. The maximum Gasteiger partial charge on any atom is 0.0556 e.